The van der Waals surface area contributed by atoms with Crippen molar-refractivity contribution in [3.05, 3.63) is 16.1 Å². The maximum atomic E-state index is 6.09. The third-order valence-electron chi connectivity index (χ3n) is 2.57. The van der Waals surface area contributed by atoms with E-state index in [9.17, 15) is 0 Å². The van der Waals surface area contributed by atoms with E-state index in [1.807, 2.05) is 6.07 Å². The Morgan fingerprint density at radius 1 is 1.28 bits per heavy atom. The molecule has 1 rings (SSSR count). The first-order chi connectivity index (χ1) is 8.32. The first-order valence-electron chi connectivity index (χ1n) is 5.61. The number of ether oxygens (including phenoxy) is 3. The lowest BCUT2D eigenvalue weighted by Gasteiger charge is -2.25. The number of nitrogens with two attached hydrogens (primary N) is 1. The second kappa shape index (κ2) is 5.80. The van der Waals surface area contributed by atoms with Crippen molar-refractivity contribution in [1.82, 2.24) is 0 Å². The third kappa shape index (κ3) is 3.09. The van der Waals surface area contributed by atoms with Gasteiger partial charge in [0.15, 0.2) is 12.5 Å². The lowest BCUT2D eigenvalue weighted by Crippen LogP contribution is -2.16. The molecule has 4 nitrogen and oxygen atoms in total. The van der Waals surface area contributed by atoms with Crippen molar-refractivity contribution in [3.63, 3.8) is 0 Å². The highest BCUT2D eigenvalue weighted by Crippen LogP contribution is 2.44. The summed E-state index contributed by atoms with van der Waals surface area (Å²) in [6.07, 6.45) is 0. The Kier molecular flexibility index (Phi) is 4.87. The average Bonchev–Trinajstić information content (AvgIpc) is 2.29. The van der Waals surface area contributed by atoms with E-state index >= 15 is 0 Å². The van der Waals surface area contributed by atoms with Gasteiger partial charge < -0.3 is 19.9 Å². The number of methoxy groups -OCH3 is 2. The zero-order chi connectivity index (χ0) is 13.9. The second-order valence-electron chi connectivity index (χ2n) is 4.98. The number of nitrogen functional groups attached to an aromatic ring is 1. The van der Waals surface area contributed by atoms with Gasteiger partial charge in [0.1, 0.15) is 5.75 Å². The Hall–Kier alpha value is -0.940. The Balaban J connectivity index is 3.40. The molecule has 1 aromatic carbocycles. The first kappa shape index (κ1) is 15.1. The Morgan fingerprint density at radius 3 is 2.33 bits per heavy atom. The minimum Gasteiger partial charge on any atom is -0.495 e. The molecule has 0 saturated carbocycles. The maximum Gasteiger partial charge on any atom is 0.188 e. The minimum atomic E-state index is -0.106. The predicted octanol–water partition coefficient (Wildman–Crippen LogP) is 3.32. The first-order valence-corrected chi connectivity index (χ1v) is 6.40. The Bertz CT molecular complexity index is 427. The van der Waals surface area contributed by atoms with E-state index in [2.05, 4.69) is 36.7 Å². The van der Waals surface area contributed by atoms with Crippen molar-refractivity contribution in [2.45, 2.75) is 26.2 Å². The number of halogens is 1. The van der Waals surface area contributed by atoms with Crippen LogP contribution < -0.4 is 15.2 Å². The number of hydrogen-bond acceptors (Lipinski definition) is 4. The lowest BCUT2D eigenvalue weighted by atomic mass is 9.85. The van der Waals surface area contributed by atoms with Gasteiger partial charge in [0.2, 0.25) is 0 Å². The smallest absolute Gasteiger partial charge is 0.188 e. The monoisotopic (exact) mass is 317 g/mol. The van der Waals surface area contributed by atoms with Crippen LogP contribution in [-0.4, -0.2) is 21.0 Å². The highest BCUT2D eigenvalue weighted by molar-refractivity contribution is 9.10. The zero-order valence-electron chi connectivity index (χ0n) is 11.5. The number of rotatable bonds is 4. The van der Waals surface area contributed by atoms with Crippen LogP contribution in [0.3, 0.4) is 0 Å². The van der Waals surface area contributed by atoms with Crippen molar-refractivity contribution < 1.29 is 14.2 Å². The normalized spacial score (nSPS) is 11.4. The van der Waals surface area contributed by atoms with Gasteiger partial charge >= 0.3 is 0 Å². The van der Waals surface area contributed by atoms with Crippen molar-refractivity contribution in [2.75, 3.05) is 26.7 Å². The van der Waals surface area contributed by atoms with Crippen LogP contribution in [0.1, 0.15) is 26.3 Å². The van der Waals surface area contributed by atoms with Gasteiger partial charge in [-0.25, -0.2) is 0 Å². The fourth-order valence-corrected chi connectivity index (χ4v) is 2.07. The van der Waals surface area contributed by atoms with E-state index in [-0.39, 0.29) is 12.2 Å². The Morgan fingerprint density at radius 2 is 1.89 bits per heavy atom. The molecule has 0 unspecified atom stereocenters. The van der Waals surface area contributed by atoms with Gasteiger partial charge in [-0.3, -0.25) is 0 Å². The van der Waals surface area contributed by atoms with Crippen LogP contribution in [0.5, 0.6) is 11.5 Å². The van der Waals surface area contributed by atoms with Crippen LogP contribution in [0, 0.1) is 0 Å². The molecule has 0 saturated heterocycles. The molecule has 0 aliphatic carbocycles. The molecular formula is C13H20BrNO3. The van der Waals surface area contributed by atoms with Crippen LogP contribution in [0.4, 0.5) is 5.69 Å². The minimum absolute atomic E-state index is 0.106. The highest BCUT2D eigenvalue weighted by atomic mass is 79.9. The summed E-state index contributed by atoms with van der Waals surface area (Å²) in [4.78, 5) is 0. The molecule has 5 heteroatoms. The van der Waals surface area contributed by atoms with Gasteiger partial charge in [0, 0.05) is 12.7 Å². The third-order valence-corrected chi connectivity index (χ3v) is 3.38. The maximum absolute atomic E-state index is 6.09. The van der Waals surface area contributed by atoms with Crippen LogP contribution in [-0.2, 0) is 10.2 Å². The molecule has 102 valence electrons. The van der Waals surface area contributed by atoms with Crippen molar-refractivity contribution in [3.8, 4) is 11.5 Å². The van der Waals surface area contributed by atoms with E-state index < -0.39 is 0 Å². The van der Waals surface area contributed by atoms with Crippen molar-refractivity contribution in [2.24, 2.45) is 0 Å². The van der Waals surface area contributed by atoms with E-state index in [4.69, 9.17) is 19.9 Å². The van der Waals surface area contributed by atoms with Gasteiger partial charge in [-0.05, 0) is 27.4 Å². The predicted molar refractivity (Wildman–Crippen MR) is 76.3 cm³/mol. The summed E-state index contributed by atoms with van der Waals surface area (Å²) >= 11 is 3.41. The van der Waals surface area contributed by atoms with E-state index in [0.717, 1.165) is 5.56 Å². The molecule has 0 amide bonds. The van der Waals surface area contributed by atoms with Gasteiger partial charge in [0.25, 0.3) is 0 Å². The molecule has 0 aliphatic rings. The average molecular weight is 318 g/mol. The van der Waals surface area contributed by atoms with E-state index in [1.54, 1.807) is 14.2 Å². The summed E-state index contributed by atoms with van der Waals surface area (Å²) in [6, 6.07) is 1.94. The zero-order valence-corrected chi connectivity index (χ0v) is 13.1. The van der Waals surface area contributed by atoms with Gasteiger partial charge in [-0.2, -0.15) is 0 Å². The van der Waals surface area contributed by atoms with E-state index in [0.29, 0.717) is 21.7 Å². The van der Waals surface area contributed by atoms with Gasteiger partial charge in [-0.15, -0.1) is 0 Å². The lowest BCUT2D eigenvalue weighted by molar-refractivity contribution is 0.0503. The summed E-state index contributed by atoms with van der Waals surface area (Å²) in [5, 5.41) is 0. The largest absolute Gasteiger partial charge is 0.495 e. The molecule has 0 fully saturated rings. The summed E-state index contributed by atoms with van der Waals surface area (Å²) in [5.74, 6) is 1.33. The van der Waals surface area contributed by atoms with Gasteiger partial charge in [0.05, 0.1) is 17.3 Å². The summed E-state index contributed by atoms with van der Waals surface area (Å²) < 4.78 is 16.5. The highest BCUT2D eigenvalue weighted by Gasteiger charge is 2.25. The number of anilines is 1. The van der Waals surface area contributed by atoms with Crippen LogP contribution in [0.25, 0.3) is 0 Å². The molecule has 2 N–H and O–H groups in total. The SMILES string of the molecule is COCOc1c(C(C)(C)C)cc(OC)c(Br)c1N. The summed E-state index contributed by atoms with van der Waals surface area (Å²) in [7, 11) is 3.19. The quantitative estimate of drug-likeness (QED) is 0.683. The fourth-order valence-electron chi connectivity index (χ4n) is 1.62. The molecule has 0 aliphatic heterocycles. The summed E-state index contributed by atoms with van der Waals surface area (Å²) in [6.45, 7) is 6.43. The molecule has 1 aromatic rings. The van der Waals surface area contributed by atoms with Crippen molar-refractivity contribution in [1.29, 1.82) is 0 Å². The molecule has 0 heterocycles. The molecule has 0 radical (unpaired) electrons. The van der Waals surface area contributed by atoms with Crippen LogP contribution in [0.15, 0.2) is 10.5 Å². The molecule has 0 aromatic heterocycles. The van der Waals surface area contributed by atoms with Crippen molar-refractivity contribution >= 4 is 21.6 Å². The second-order valence-corrected chi connectivity index (χ2v) is 5.78. The molecule has 0 spiro atoms. The van der Waals surface area contributed by atoms with E-state index in [1.165, 1.54) is 0 Å². The Labute approximate surface area is 117 Å². The molecular weight excluding hydrogens is 298 g/mol. The standard InChI is InChI=1S/C13H20BrNO3/c1-13(2,3)8-6-9(17-5)10(14)11(15)12(8)18-7-16-4/h6H,7,15H2,1-5H3. The van der Waals surface area contributed by atoms with Crippen LogP contribution >= 0.6 is 15.9 Å². The number of benzene rings is 1. The summed E-state index contributed by atoms with van der Waals surface area (Å²) in [5.41, 5.74) is 7.49. The number of hydrogen-bond donors (Lipinski definition) is 1. The molecule has 0 bridgehead atoms. The molecule has 18 heavy (non-hydrogen) atoms. The topological polar surface area (TPSA) is 53.7 Å². The molecule has 0 atom stereocenters. The van der Waals surface area contributed by atoms with Gasteiger partial charge in [-0.1, -0.05) is 20.8 Å². The van der Waals surface area contributed by atoms with Crippen LogP contribution in [0.2, 0.25) is 0 Å². The fraction of sp³-hybridized carbons (Fsp3) is 0.538.